The highest BCUT2D eigenvalue weighted by Gasteiger charge is 2.33. The summed E-state index contributed by atoms with van der Waals surface area (Å²) in [5, 5.41) is 12.0. The lowest BCUT2D eigenvalue weighted by Crippen LogP contribution is -2.46. The molecule has 5 nitrogen and oxygen atoms in total. The molecule has 21 heavy (non-hydrogen) atoms. The van der Waals surface area contributed by atoms with E-state index in [0.29, 0.717) is 12.4 Å². The summed E-state index contributed by atoms with van der Waals surface area (Å²) in [5.41, 5.74) is 5.59. The molecule has 0 spiro atoms. The Morgan fingerprint density at radius 2 is 2.19 bits per heavy atom. The van der Waals surface area contributed by atoms with Gasteiger partial charge in [0.25, 0.3) is 0 Å². The highest BCUT2D eigenvalue weighted by molar-refractivity contribution is 9.10. The van der Waals surface area contributed by atoms with Crippen molar-refractivity contribution in [2.75, 3.05) is 26.2 Å². The summed E-state index contributed by atoms with van der Waals surface area (Å²) in [6.07, 6.45) is 1.81. The molecule has 0 aliphatic carbocycles. The molecule has 0 atom stereocenters. The fraction of sp³-hybridized carbons (Fsp3) is 0.533. The molecule has 6 heteroatoms. The number of benzene rings is 1. The molecule has 0 amide bonds. The number of hydrogen-bond donors (Lipinski definition) is 2. The van der Waals surface area contributed by atoms with Crippen LogP contribution < -0.4 is 10.5 Å². The fourth-order valence-corrected chi connectivity index (χ4v) is 2.87. The quantitative estimate of drug-likeness (QED) is 0.368. The summed E-state index contributed by atoms with van der Waals surface area (Å²) in [5.74, 6) is 1.22. The molecule has 0 saturated carbocycles. The van der Waals surface area contributed by atoms with Crippen LogP contribution in [-0.2, 0) is 0 Å². The summed E-state index contributed by atoms with van der Waals surface area (Å²) in [6.45, 7) is 5.48. The standard InChI is InChI=1S/C15H22BrN3O2/c1-15(14(17)18-20)5-7-19(8-6-15)9-10-21-13-4-2-3-12(16)11-13/h2-4,11,20H,5-10H2,1H3,(H2,17,18). The number of halogens is 1. The zero-order valence-corrected chi connectivity index (χ0v) is 13.8. The zero-order chi connectivity index (χ0) is 15.3. The van der Waals surface area contributed by atoms with Gasteiger partial charge in [-0.1, -0.05) is 34.1 Å². The molecular weight excluding hydrogens is 334 g/mol. The van der Waals surface area contributed by atoms with Crippen LogP contribution >= 0.6 is 15.9 Å². The van der Waals surface area contributed by atoms with Crippen LogP contribution in [0.1, 0.15) is 19.8 Å². The Bertz CT molecular complexity index is 499. The molecule has 1 aromatic carbocycles. The zero-order valence-electron chi connectivity index (χ0n) is 12.3. The van der Waals surface area contributed by atoms with Gasteiger partial charge in [-0.15, -0.1) is 0 Å². The first-order valence-electron chi connectivity index (χ1n) is 7.12. The maximum absolute atomic E-state index is 8.83. The maximum Gasteiger partial charge on any atom is 0.145 e. The molecule has 3 N–H and O–H groups in total. The molecule has 1 aromatic rings. The lowest BCUT2D eigenvalue weighted by molar-refractivity contribution is 0.137. The second-order valence-electron chi connectivity index (χ2n) is 5.69. The van der Waals surface area contributed by atoms with Crippen LogP contribution in [0.2, 0.25) is 0 Å². The minimum absolute atomic E-state index is 0.184. The number of amidine groups is 1. The Hall–Kier alpha value is -1.27. The monoisotopic (exact) mass is 355 g/mol. The summed E-state index contributed by atoms with van der Waals surface area (Å²) in [6, 6.07) is 7.86. The topological polar surface area (TPSA) is 71.1 Å². The Morgan fingerprint density at radius 3 is 2.81 bits per heavy atom. The van der Waals surface area contributed by atoms with Gasteiger partial charge in [0.05, 0.1) is 0 Å². The van der Waals surface area contributed by atoms with Crippen molar-refractivity contribution in [2.45, 2.75) is 19.8 Å². The number of nitrogens with zero attached hydrogens (tertiary/aromatic N) is 2. The number of likely N-dealkylation sites (tertiary alicyclic amines) is 1. The largest absolute Gasteiger partial charge is 0.492 e. The van der Waals surface area contributed by atoms with Crippen LogP contribution in [0, 0.1) is 5.41 Å². The van der Waals surface area contributed by atoms with Crippen molar-refractivity contribution in [2.24, 2.45) is 16.3 Å². The molecule has 0 bridgehead atoms. The van der Waals surface area contributed by atoms with Gasteiger partial charge < -0.3 is 15.7 Å². The summed E-state index contributed by atoms with van der Waals surface area (Å²) in [7, 11) is 0. The van der Waals surface area contributed by atoms with Crippen LogP contribution in [0.15, 0.2) is 33.9 Å². The highest BCUT2D eigenvalue weighted by Crippen LogP contribution is 2.30. The molecule has 1 aliphatic rings. The second-order valence-corrected chi connectivity index (χ2v) is 6.61. The van der Waals surface area contributed by atoms with E-state index in [4.69, 9.17) is 15.7 Å². The van der Waals surface area contributed by atoms with Crippen molar-refractivity contribution in [3.8, 4) is 5.75 Å². The smallest absolute Gasteiger partial charge is 0.145 e. The van der Waals surface area contributed by atoms with Gasteiger partial charge in [0.1, 0.15) is 18.2 Å². The van der Waals surface area contributed by atoms with Crippen molar-refractivity contribution >= 4 is 21.8 Å². The molecule has 0 aromatic heterocycles. The number of rotatable bonds is 5. The third-order valence-electron chi connectivity index (χ3n) is 4.16. The third kappa shape index (κ3) is 4.35. The molecule has 1 fully saturated rings. The Kier molecular flexibility index (Phi) is 5.47. The fourth-order valence-electron chi connectivity index (χ4n) is 2.50. The van der Waals surface area contributed by atoms with Gasteiger partial charge in [-0.3, -0.25) is 4.90 Å². The normalized spacial score (nSPS) is 19.4. The van der Waals surface area contributed by atoms with Crippen LogP contribution in [0.25, 0.3) is 0 Å². The van der Waals surface area contributed by atoms with E-state index in [-0.39, 0.29) is 5.41 Å². The molecule has 1 heterocycles. The van der Waals surface area contributed by atoms with Gasteiger partial charge in [0.2, 0.25) is 0 Å². The van der Waals surface area contributed by atoms with E-state index in [9.17, 15) is 0 Å². The molecule has 1 saturated heterocycles. The number of nitrogens with two attached hydrogens (primary N) is 1. The van der Waals surface area contributed by atoms with E-state index < -0.39 is 0 Å². The van der Waals surface area contributed by atoms with E-state index >= 15 is 0 Å². The van der Waals surface area contributed by atoms with Crippen LogP contribution in [0.4, 0.5) is 0 Å². The molecule has 1 aliphatic heterocycles. The molecular formula is C15H22BrN3O2. The SMILES string of the molecule is CC1(/C(N)=N/O)CCN(CCOc2cccc(Br)c2)CC1. The average molecular weight is 356 g/mol. The maximum atomic E-state index is 8.83. The van der Waals surface area contributed by atoms with E-state index in [1.807, 2.05) is 24.3 Å². The lowest BCUT2D eigenvalue weighted by atomic mass is 9.79. The summed E-state index contributed by atoms with van der Waals surface area (Å²) >= 11 is 3.43. The number of oxime groups is 1. The number of hydrogen-bond acceptors (Lipinski definition) is 4. The Balaban J connectivity index is 1.74. The van der Waals surface area contributed by atoms with Gasteiger partial charge in [-0.25, -0.2) is 0 Å². The summed E-state index contributed by atoms with van der Waals surface area (Å²) in [4.78, 5) is 2.35. The predicted molar refractivity (Wildman–Crippen MR) is 86.8 cm³/mol. The van der Waals surface area contributed by atoms with Gasteiger partial charge in [0, 0.05) is 16.4 Å². The highest BCUT2D eigenvalue weighted by atomic mass is 79.9. The van der Waals surface area contributed by atoms with Gasteiger partial charge in [-0.05, 0) is 44.1 Å². The molecule has 0 unspecified atom stereocenters. The first kappa shape index (κ1) is 16.1. The van der Waals surface area contributed by atoms with Crippen molar-refractivity contribution < 1.29 is 9.94 Å². The van der Waals surface area contributed by atoms with Crippen molar-refractivity contribution in [3.63, 3.8) is 0 Å². The van der Waals surface area contributed by atoms with Gasteiger partial charge in [-0.2, -0.15) is 0 Å². The predicted octanol–water partition coefficient (Wildman–Crippen LogP) is 2.68. The number of piperidine rings is 1. The van der Waals surface area contributed by atoms with E-state index in [0.717, 1.165) is 42.7 Å². The minimum Gasteiger partial charge on any atom is -0.492 e. The lowest BCUT2D eigenvalue weighted by Gasteiger charge is -2.38. The Morgan fingerprint density at radius 1 is 1.48 bits per heavy atom. The number of ether oxygens (including phenoxy) is 1. The summed E-state index contributed by atoms with van der Waals surface area (Å²) < 4.78 is 6.77. The third-order valence-corrected chi connectivity index (χ3v) is 4.65. The van der Waals surface area contributed by atoms with Crippen molar-refractivity contribution in [1.29, 1.82) is 0 Å². The van der Waals surface area contributed by atoms with Crippen molar-refractivity contribution in [3.05, 3.63) is 28.7 Å². The first-order chi connectivity index (χ1) is 10.0. The molecule has 0 radical (unpaired) electrons. The van der Waals surface area contributed by atoms with E-state index in [1.165, 1.54) is 0 Å². The van der Waals surface area contributed by atoms with E-state index in [1.54, 1.807) is 0 Å². The Labute approximate surface area is 133 Å². The molecule has 116 valence electrons. The minimum atomic E-state index is -0.184. The van der Waals surface area contributed by atoms with Crippen LogP contribution in [-0.4, -0.2) is 42.2 Å². The average Bonchev–Trinajstić information content (AvgIpc) is 2.48. The van der Waals surface area contributed by atoms with Gasteiger partial charge in [0.15, 0.2) is 0 Å². The van der Waals surface area contributed by atoms with Crippen molar-refractivity contribution in [1.82, 2.24) is 4.90 Å². The van der Waals surface area contributed by atoms with E-state index in [2.05, 4.69) is 32.9 Å². The van der Waals surface area contributed by atoms with Crippen LogP contribution in [0.5, 0.6) is 5.75 Å². The molecule has 2 rings (SSSR count). The van der Waals surface area contributed by atoms with Crippen LogP contribution in [0.3, 0.4) is 0 Å². The van der Waals surface area contributed by atoms with Gasteiger partial charge >= 0.3 is 0 Å². The second kappa shape index (κ2) is 7.13. The first-order valence-corrected chi connectivity index (χ1v) is 7.91.